The molecule has 0 saturated heterocycles. The smallest absolute Gasteiger partial charge is 0.350 e. The van der Waals surface area contributed by atoms with E-state index in [0.717, 1.165) is 4.68 Å². The lowest BCUT2D eigenvalue weighted by Gasteiger charge is -2.05. The van der Waals surface area contributed by atoms with Crippen LogP contribution in [0.25, 0.3) is 28.5 Å². The first-order chi connectivity index (χ1) is 17.4. The molecular formula is C24H17FN6O5. The van der Waals surface area contributed by atoms with Gasteiger partial charge in [-0.05, 0) is 48.5 Å². The number of carbonyl (C=O) groups is 2. The Morgan fingerprint density at radius 1 is 1.11 bits per heavy atom. The summed E-state index contributed by atoms with van der Waals surface area (Å²) in [5.74, 6) is -1.19. The molecule has 2 aromatic carbocycles. The van der Waals surface area contributed by atoms with Crippen molar-refractivity contribution in [1.82, 2.24) is 24.3 Å². The molecule has 180 valence electrons. The predicted molar refractivity (Wildman–Crippen MR) is 125 cm³/mol. The van der Waals surface area contributed by atoms with Gasteiger partial charge in [-0.1, -0.05) is 17.3 Å². The molecule has 0 aliphatic carbocycles. The maximum absolute atomic E-state index is 13.6. The minimum absolute atomic E-state index is 0.0761. The molecule has 5 rings (SSSR count). The van der Waals surface area contributed by atoms with Crippen LogP contribution in [0.2, 0.25) is 0 Å². The van der Waals surface area contributed by atoms with Crippen LogP contribution in [0.5, 0.6) is 0 Å². The molecule has 0 saturated carbocycles. The van der Waals surface area contributed by atoms with Crippen LogP contribution in [-0.4, -0.2) is 43.3 Å². The van der Waals surface area contributed by atoms with Crippen LogP contribution < -0.4 is 11.0 Å². The number of methoxy groups -OCH3 is 1. The average molecular weight is 488 g/mol. The fraction of sp³-hybridized carbons (Fsp3) is 0.0833. The SMILES string of the molecule is COC(=O)c1ccc(NC(=O)Cn2nc3c(-c4nc(-c5cccc(F)c5)no4)cccn3c2=O)cc1. The van der Waals surface area contributed by atoms with Crippen molar-refractivity contribution in [2.75, 3.05) is 12.4 Å². The standard InChI is InChI=1S/C24H17FN6O5/c1-35-23(33)14-7-9-17(10-8-14)26-19(32)13-31-24(34)30-11-3-6-18(21(30)28-31)22-27-20(29-36-22)15-4-2-5-16(25)12-15/h2-12H,13H2,1H3,(H,26,32). The van der Waals surface area contributed by atoms with Gasteiger partial charge in [-0.2, -0.15) is 4.98 Å². The van der Waals surface area contributed by atoms with Crippen LogP contribution >= 0.6 is 0 Å². The highest BCUT2D eigenvalue weighted by Gasteiger charge is 2.19. The molecule has 0 unspecified atom stereocenters. The summed E-state index contributed by atoms with van der Waals surface area (Å²) in [5.41, 5.74) is 1.21. The molecule has 1 amide bonds. The first-order valence-electron chi connectivity index (χ1n) is 10.6. The van der Waals surface area contributed by atoms with Gasteiger partial charge in [-0.15, -0.1) is 5.10 Å². The number of hydrogen-bond acceptors (Lipinski definition) is 8. The lowest BCUT2D eigenvalue weighted by Crippen LogP contribution is -2.28. The number of carbonyl (C=O) groups excluding carboxylic acids is 2. The molecule has 0 aliphatic heterocycles. The second-order valence-corrected chi connectivity index (χ2v) is 7.61. The van der Waals surface area contributed by atoms with E-state index in [1.54, 1.807) is 30.3 Å². The zero-order valence-corrected chi connectivity index (χ0v) is 18.7. The summed E-state index contributed by atoms with van der Waals surface area (Å²) in [6.45, 7) is -0.364. The second kappa shape index (κ2) is 9.25. The molecule has 36 heavy (non-hydrogen) atoms. The minimum Gasteiger partial charge on any atom is -0.465 e. The topological polar surface area (TPSA) is 134 Å². The third-order valence-electron chi connectivity index (χ3n) is 5.23. The van der Waals surface area contributed by atoms with Crippen LogP contribution in [-0.2, 0) is 16.1 Å². The Labute approximate surface area is 201 Å². The number of benzene rings is 2. The molecule has 11 nitrogen and oxygen atoms in total. The van der Waals surface area contributed by atoms with Crippen LogP contribution in [0, 0.1) is 5.82 Å². The van der Waals surface area contributed by atoms with Crippen molar-refractivity contribution in [1.29, 1.82) is 0 Å². The van der Waals surface area contributed by atoms with E-state index in [0.29, 0.717) is 22.4 Å². The van der Waals surface area contributed by atoms with Gasteiger partial charge in [0.05, 0.1) is 18.2 Å². The molecule has 5 aromatic rings. The number of nitrogens with zero attached hydrogens (tertiary/aromatic N) is 5. The number of pyridine rings is 1. The van der Waals surface area contributed by atoms with E-state index in [9.17, 15) is 18.8 Å². The van der Waals surface area contributed by atoms with Gasteiger partial charge in [-0.3, -0.25) is 4.79 Å². The van der Waals surface area contributed by atoms with Gasteiger partial charge in [-0.25, -0.2) is 23.1 Å². The predicted octanol–water partition coefficient (Wildman–Crippen LogP) is 2.78. The van der Waals surface area contributed by atoms with Crippen LogP contribution in [0.15, 0.2) is 76.2 Å². The fourth-order valence-electron chi connectivity index (χ4n) is 3.53. The number of esters is 1. The summed E-state index contributed by atoms with van der Waals surface area (Å²) >= 11 is 0. The van der Waals surface area contributed by atoms with Gasteiger partial charge in [0.15, 0.2) is 5.65 Å². The number of ether oxygens (including phenoxy) is 1. The van der Waals surface area contributed by atoms with Crippen molar-refractivity contribution < 1.29 is 23.2 Å². The van der Waals surface area contributed by atoms with Crippen LogP contribution in [0.1, 0.15) is 10.4 Å². The van der Waals surface area contributed by atoms with E-state index < -0.39 is 23.4 Å². The molecule has 12 heteroatoms. The molecular weight excluding hydrogens is 471 g/mol. The van der Waals surface area contributed by atoms with Crippen LogP contribution in [0.4, 0.5) is 10.1 Å². The van der Waals surface area contributed by atoms with Gasteiger partial charge in [0.2, 0.25) is 11.7 Å². The molecule has 1 N–H and O–H groups in total. The Hall–Kier alpha value is -5.13. The van der Waals surface area contributed by atoms with Crippen molar-refractivity contribution in [2.45, 2.75) is 6.54 Å². The summed E-state index contributed by atoms with van der Waals surface area (Å²) < 4.78 is 25.8. The molecule has 0 radical (unpaired) electrons. The summed E-state index contributed by atoms with van der Waals surface area (Å²) in [7, 11) is 1.28. The lowest BCUT2D eigenvalue weighted by atomic mass is 10.2. The highest BCUT2D eigenvalue weighted by Crippen LogP contribution is 2.24. The molecule has 0 bridgehead atoms. The number of hydrogen-bond donors (Lipinski definition) is 1. The zero-order chi connectivity index (χ0) is 25.2. The maximum atomic E-state index is 13.6. The first-order valence-corrected chi connectivity index (χ1v) is 10.6. The second-order valence-electron chi connectivity index (χ2n) is 7.61. The normalized spacial score (nSPS) is 10.9. The van der Waals surface area contributed by atoms with Crippen molar-refractivity contribution in [3.05, 3.63) is 88.7 Å². The maximum Gasteiger partial charge on any atom is 0.350 e. The largest absolute Gasteiger partial charge is 0.465 e. The first kappa shape index (κ1) is 22.7. The fourth-order valence-corrected chi connectivity index (χ4v) is 3.53. The van der Waals surface area contributed by atoms with Gasteiger partial charge < -0.3 is 14.6 Å². The Balaban J connectivity index is 1.39. The Bertz CT molecular complexity index is 1650. The van der Waals surface area contributed by atoms with Gasteiger partial charge in [0, 0.05) is 17.4 Å². The van der Waals surface area contributed by atoms with Crippen molar-refractivity contribution >= 4 is 23.2 Å². The number of nitrogens with one attached hydrogen (secondary N) is 1. The number of halogens is 1. The van der Waals surface area contributed by atoms with Gasteiger partial charge in [0.25, 0.3) is 5.89 Å². The Morgan fingerprint density at radius 3 is 2.67 bits per heavy atom. The monoisotopic (exact) mass is 488 g/mol. The summed E-state index contributed by atoms with van der Waals surface area (Å²) in [6, 6.07) is 15.1. The number of rotatable bonds is 6. The number of anilines is 1. The third-order valence-corrected chi connectivity index (χ3v) is 5.23. The van der Waals surface area contributed by atoms with Crippen molar-refractivity contribution in [3.63, 3.8) is 0 Å². The van der Waals surface area contributed by atoms with E-state index in [1.165, 1.54) is 48.0 Å². The third kappa shape index (κ3) is 4.34. The molecule has 0 aliphatic rings. The van der Waals surface area contributed by atoms with Gasteiger partial charge in [0.1, 0.15) is 12.4 Å². The minimum atomic E-state index is -0.548. The number of amides is 1. The molecule has 3 aromatic heterocycles. The molecule has 3 heterocycles. The van der Waals surface area contributed by atoms with E-state index >= 15 is 0 Å². The highest BCUT2D eigenvalue weighted by atomic mass is 19.1. The highest BCUT2D eigenvalue weighted by molar-refractivity contribution is 5.93. The lowest BCUT2D eigenvalue weighted by molar-refractivity contribution is -0.117. The van der Waals surface area contributed by atoms with E-state index in [-0.39, 0.29) is 23.9 Å². The van der Waals surface area contributed by atoms with E-state index in [4.69, 9.17) is 4.52 Å². The van der Waals surface area contributed by atoms with Crippen LogP contribution in [0.3, 0.4) is 0 Å². The number of aromatic nitrogens is 5. The zero-order valence-electron chi connectivity index (χ0n) is 18.7. The summed E-state index contributed by atoms with van der Waals surface area (Å²) in [5, 5.41) is 10.8. The molecule has 0 spiro atoms. The Morgan fingerprint density at radius 2 is 1.92 bits per heavy atom. The molecule has 0 atom stereocenters. The van der Waals surface area contributed by atoms with Crippen molar-refractivity contribution in [2.24, 2.45) is 0 Å². The number of fused-ring (bicyclic) bond motifs is 1. The van der Waals surface area contributed by atoms with E-state index in [2.05, 4.69) is 25.3 Å². The quantitative estimate of drug-likeness (QED) is 0.361. The summed E-state index contributed by atoms with van der Waals surface area (Å²) in [4.78, 5) is 41.2. The Kier molecular flexibility index (Phi) is 5.82. The summed E-state index contributed by atoms with van der Waals surface area (Å²) in [6.07, 6.45) is 1.50. The van der Waals surface area contributed by atoms with Gasteiger partial charge >= 0.3 is 11.7 Å². The van der Waals surface area contributed by atoms with E-state index in [1.807, 2.05) is 0 Å². The molecule has 0 fully saturated rings. The average Bonchev–Trinajstić information content (AvgIpc) is 3.49. The van der Waals surface area contributed by atoms with Crippen molar-refractivity contribution in [3.8, 4) is 22.8 Å².